The van der Waals surface area contributed by atoms with Crippen LogP contribution < -0.4 is 9.64 Å². The molecule has 1 unspecified atom stereocenters. The van der Waals surface area contributed by atoms with Gasteiger partial charge in [-0.15, -0.1) is 0 Å². The van der Waals surface area contributed by atoms with E-state index in [9.17, 15) is 9.59 Å². The Morgan fingerprint density at radius 3 is 2.37 bits per heavy atom. The largest absolute Gasteiger partial charge is 0.497 e. The number of ketones is 1. The minimum Gasteiger partial charge on any atom is -0.497 e. The first-order valence-electron chi connectivity index (χ1n) is 9.22. The van der Waals surface area contributed by atoms with Gasteiger partial charge in [0.1, 0.15) is 18.8 Å². The highest BCUT2D eigenvalue weighted by molar-refractivity contribution is 6.01. The van der Waals surface area contributed by atoms with E-state index < -0.39 is 5.97 Å². The number of aromatic amines is 1. The molecular weight excluding hydrogens is 344 g/mol. The standard InChI is InChI=1S/C21H26N2O4/c1-13-19(21(25)27-4)14(2)22-20(13)18(24)12-23(16-7-8-16)11-15-5-9-17(26-3)10-6-15/h5-6,9-10,16,22H,7-8,11-12H2,1-4H3/p+1. The van der Waals surface area contributed by atoms with Crippen molar-refractivity contribution in [3.63, 3.8) is 0 Å². The second-order valence-electron chi connectivity index (χ2n) is 7.17. The summed E-state index contributed by atoms with van der Waals surface area (Å²) in [6.07, 6.45) is 2.30. The van der Waals surface area contributed by atoms with Crippen LogP contribution in [0.3, 0.4) is 0 Å². The van der Waals surface area contributed by atoms with Crippen molar-refractivity contribution in [3.8, 4) is 5.75 Å². The number of methoxy groups -OCH3 is 2. The molecule has 0 spiro atoms. The number of hydrogen-bond acceptors (Lipinski definition) is 4. The molecule has 0 saturated heterocycles. The molecule has 2 N–H and O–H groups in total. The van der Waals surface area contributed by atoms with Crippen LogP contribution in [0, 0.1) is 13.8 Å². The Morgan fingerprint density at radius 1 is 1.15 bits per heavy atom. The van der Waals surface area contributed by atoms with E-state index in [0.717, 1.165) is 25.1 Å². The van der Waals surface area contributed by atoms with Crippen LogP contribution in [0.4, 0.5) is 0 Å². The molecule has 1 saturated carbocycles. The van der Waals surface area contributed by atoms with Crippen molar-refractivity contribution in [1.29, 1.82) is 0 Å². The summed E-state index contributed by atoms with van der Waals surface area (Å²) in [7, 11) is 3.00. The van der Waals surface area contributed by atoms with E-state index in [0.29, 0.717) is 35.1 Å². The maximum Gasteiger partial charge on any atom is 0.339 e. The topological polar surface area (TPSA) is 72.8 Å². The number of esters is 1. The van der Waals surface area contributed by atoms with Gasteiger partial charge < -0.3 is 19.4 Å². The molecular formula is C21H27N2O4+. The number of aromatic nitrogens is 1. The minimum atomic E-state index is -0.412. The van der Waals surface area contributed by atoms with Gasteiger partial charge in [0.25, 0.3) is 0 Å². The molecule has 2 aromatic rings. The molecule has 0 bridgehead atoms. The van der Waals surface area contributed by atoms with Crippen LogP contribution in [0.15, 0.2) is 24.3 Å². The van der Waals surface area contributed by atoms with Crippen molar-refractivity contribution in [3.05, 3.63) is 52.3 Å². The summed E-state index contributed by atoms with van der Waals surface area (Å²) in [5.74, 6) is 0.446. The number of aryl methyl sites for hydroxylation is 1. The molecule has 27 heavy (non-hydrogen) atoms. The molecule has 144 valence electrons. The first kappa shape index (κ1) is 19.2. The number of benzene rings is 1. The maximum absolute atomic E-state index is 13.0. The third kappa shape index (κ3) is 4.22. The quantitative estimate of drug-likeness (QED) is 0.549. The smallest absolute Gasteiger partial charge is 0.339 e. The molecule has 0 aliphatic heterocycles. The lowest BCUT2D eigenvalue weighted by molar-refractivity contribution is -0.916. The zero-order chi connectivity index (χ0) is 19.6. The van der Waals surface area contributed by atoms with Gasteiger partial charge in [-0.2, -0.15) is 0 Å². The average molecular weight is 371 g/mol. The Labute approximate surface area is 159 Å². The molecule has 1 aromatic heterocycles. The Balaban J connectivity index is 1.75. The van der Waals surface area contributed by atoms with Crippen molar-refractivity contribution >= 4 is 11.8 Å². The summed E-state index contributed by atoms with van der Waals surface area (Å²) in [4.78, 5) is 29.3. The van der Waals surface area contributed by atoms with Crippen molar-refractivity contribution < 1.29 is 24.0 Å². The fourth-order valence-electron chi connectivity index (χ4n) is 3.58. The summed E-state index contributed by atoms with van der Waals surface area (Å²) in [5.41, 5.74) is 3.50. The fraction of sp³-hybridized carbons (Fsp3) is 0.429. The van der Waals surface area contributed by atoms with E-state index in [-0.39, 0.29) is 5.78 Å². The van der Waals surface area contributed by atoms with E-state index in [1.807, 2.05) is 24.3 Å². The predicted molar refractivity (Wildman–Crippen MR) is 101 cm³/mol. The molecule has 1 aromatic carbocycles. The van der Waals surface area contributed by atoms with Crippen LogP contribution in [0.1, 0.15) is 50.5 Å². The van der Waals surface area contributed by atoms with Gasteiger partial charge in [-0.25, -0.2) is 4.79 Å². The lowest BCUT2D eigenvalue weighted by atomic mass is 10.1. The van der Waals surface area contributed by atoms with Crippen LogP contribution in [0.5, 0.6) is 5.75 Å². The fourth-order valence-corrected chi connectivity index (χ4v) is 3.58. The number of Topliss-reactive ketones (excluding diaryl/α,β-unsaturated/α-hetero) is 1. The van der Waals surface area contributed by atoms with Gasteiger partial charge in [0.05, 0.1) is 31.5 Å². The average Bonchev–Trinajstić information content (AvgIpc) is 3.46. The number of hydrogen-bond donors (Lipinski definition) is 2. The highest BCUT2D eigenvalue weighted by atomic mass is 16.5. The summed E-state index contributed by atoms with van der Waals surface area (Å²) in [5, 5.41) is 0. The van der Waals surface area contributed by atoms with Crippen LogP contribution in [-0.4, -0.2) is 43.5 Å². The van der Waals surface area contributed by atoms with Crippen LogP contribution in [-0.2, 0) is 11.3 Å². The lowest BCUT2D eigenvalue weighted by Crippen LogP contribution is -3.13. The molecule has 1 aliphatic carbocycles. The summed E-state index contributed by atoms with van der Waals surface area (Å²) in [6.45, 7) is 4.78. The zero-order valence-electron chi connectivity index (χ0n) is 16.3. The van der Waals surface area contributed by atoms with E-state index >= 15 is 0 Å². The molecule has 0 amide bonds. The van der Waals surface area contributed by atoms with E-state index in [1.165, 1.54) is 17.6 Å². The van der Waals surface area contributed by atoms with Crippen LogP contribution in [0.25, 0.3) is 0 Å². The first-order valence-corrected chi connectivity index (χ1v) is 9.22. The third-order valence-electron chi connectivity index (χ3n) is 5.24. The summed E-state index contributed by atoms with van der Waals surface area (Å²) >= 11 is 0. The van der Waals surface area contributed by atoms with Gasteiger partial charge in [-0.3, -0.25) is 4.79 Å². The van der Waals surface area contributed by atoms with Gasteiger partial charge in [0.2, 0.25) is 5.78 Å². The first-order chi connectivity index (χ1) is 12.9. The maximum atomic E-state index is 13.0. The van der Waals surface area contributed by atoms with Gasteiger partial charge in [0, 0.05) is 24.1 Å². The molecule has 1 heterocycles. The van der Waals surface area contributed by atoms with Crippen molar-refractivity contribution in [1.82, 2.24) is 4.98 Å². The SMILES string of the molecule is COC(=O)c1c(C)[nH]c(C(=O)C[NH+](Cc2ccc(OC)cc2)C2CC2)c1C. The molecule has 1 atom stereocenters. The normalized spacial score (nSPS) is 14.7. The van der Waals surface area contributed by atoms with Crippen molar-refractivity contribution in [2.45, 2.75) is 39.3 Å². The van der Waals surface area contributed by atoms with Crippen molar-refractivity contribution in [2.24, 2.45) is 0 Å². The van der Waals surface area contributed by atoms with Crippen molar-refractivity contribution in [2.75, 3.05) is 20.8 Å². The van der Waals surface area contributed by atoms with E-state index in [2.05, 4.69) is 4.98 Å². The lowest BCUT2D eigenvalue weighted by Gasteiger charge is -2.18. The zero-order valence-corrected chi connectivity index (χ0v) is 16.3. The highest BCUT2D eigenvalue weighted by Gasteiger charge is 2.35. The van der Waals surface area contributed by atoms with Crippen LogP contribution in [0.2, 0.25) is 0 Å². The summed E-state index contributed by atoms with van der Waals surface area (Å²) in [6, 6.07) is 8.51. The highest BCUT2D eigenvalue weighted by Crippen LogP contribution is 2.20. The second-order valence-corrected chi connectivity index (χ2v) is 7.17. The minimum absolute atomic E-state index is 0.0289. The molecule has 0 radical (unpaired) electrons. The Kier molecular flexibility index (Phi) is 5.65. The Morgan fingerprint density at radius 2 is 1.81 bits per heavy atom. The molecule has 3 rings (SSSR count). The Hall–Kier alpha value is -2.60. The van der Waals surface area contributed by atoms with Gasteiger partial charge in [-0.1, -0.05) is 0 Å². The van der Waals surface area contributed by atoms with Gasteiger partial charge >= 0.3 is 5.97 Å². The Bertz CT molecular complexity index is 835. The molecule has 6 heteroatoms. The van der Waals surface area contributed by atoms with Gasteiger partial charge in [-0.05, 0) is 43.7 Å². The van der Waals surface area contributed by atoms with E-state index in [4.69, 9.17) is 9.47 Å². The number of nitrogens with one attached hydrogen (secondary N) is 2. The predicted octanol–water partition coefficient (Wildman–Crippen LogP) is 1.86. The second kappa shape index (κ2) is 7.96. The molecule has 1 aliphatic rings. The number of ether oxygens (including phenoxy) is 2. The van der Waals surface area contributed by atoms with Gasteiger partial charge in [0.15, 0.2) is 0 Å². The van der Waals surface area contributed by atoms with Crippen LogP contribution >= 0.6 is 0 Å². The third-order valence-corrected chi connectivity index (χ3v) is 5.24. The number of quaternary nitrogens is 1. The van der Waals surface area contributed by atoms with E-state index in [1.54, 1.807) is 21.0 Å². The summed E-state index contributed by atoms with van der Waals surface area (Å²) < 4.78 is 10.0. The number of carbonyl (C=O) groups excluding carboxylic acids is 2. The molecule has 6 nitrogen and oxygen atoms in total. The molecule has 1 fully saturated rings. The number of H-pyrrole nitrogens is 1. The monoisotopic (exact) mass is 371 g/mol. The number of rotatable bonds is 8. The number of carbonyl (C=O) groups is 2.